The molecule has 62 valence electrons. The van der Waals surface area contributed by atoms with Crippen LogP contribution in [-0.4, -0.2) is 18.7 Å². The molecular weight excluding hydrogens is 158 g/mol. The van der Waals surface area contributed by atoms with Gasteiger partial charge in [0.2, 0.25) is 0 Å². The van der Waals surface area contributed by atoms with E-state index in [0.717, 1.165) is 5.75 Å². The van der Waals surface area contributed by atoms with Gasteiger partial charge in [0, 0.05) is 12.6 Å². The van der Waals surface area contributed by atoms with Gasteiger partial charge in [-0.3, -0.25) is 4.79 Å². The third-order valence-electron chi connectivity index (χ3n) is 1.09. The predicted molar refractivity (Wildman–Crippen MR) is 50.5 cm³/mol. The van der Waals surface area contributed by atoms with Gasteiger partial charge in [-0.15, -0.1) is 11.8 Å². The molecule has 0 unspecified atom stereocenters. The minimum atomic E-state index is -0.0825. The summed E-state index contributed by atoms with van der Waals surface area (Å²) in [5.41, 5.74) is 0.624. The fraction of sp³-hybridized carbons (Fsp3) is 0.375. The van der Waals surface area contributed by atoms with Crippen molar-refractivity contribution in [1.82, 2.24) is 5.32 Å². The average molecular weight is 171 g/mol. The molecule has 1 amide bonds. The highest BCUT2D eigenvalue weighted by Crippen LogP contribution is 2.07. The lowest BCUT2D eigenvalue weighted by Crippen LogP contribution is -2.18. The number of rotatable bonds is 4. The number of carbonyl (C=O) groups is 1. The molecule has 0 saturated heterocycles. The van der Waals surface area contributed by atoms with Gasteiger partial charge in [-0.05, 0) is 11.2 Å². The second-order valence-electron chi connectivity index (χ2n) is 1.81. The van der Waals surface area contributed by atoms with Crippen molar-refractivity contribution in [3.05, 3.63) is 23.6 Å². The summed E-state index contributed by atoms with van der Waals surface area (Å²) in [5.74, 6) is 0.884. The summed E-state index contributed by atoms with van der Waals surface area (Å²) in [4.78, 5) is 11.0. The summed E-state index contributed by atoms with van der Waals surface area (Å²) in [5, 5.41) is 4.34. The van der Waals surface area contributed by atoms with Crippen molar-refractivity contribution in [3.8, 4) is 0 Å². The van der Waals surface area contributed by atoms with Gasteiger partial charge in [0.05, 0.1) is 0 Å². The van der Waals surface area contributed by atoms with Crippen LogP contribution in [0, 0.1) is 0 Å². The topological polar surface area (TPSA) is 29.1 Å². The highest BCUT2D eigenvalue weighted by atomic mass is 32.2. The van der Waals surface area contributed by atoms with E-state index in [0.29, 0.717) is 5.57 Å². The lowest BCUT2D eigenvalue weighted by Gasteiger charge is -1.98. The van der Waals surface area contributed by atoms with Crippen molar-refractivity contribution in [3.63, 3.8) is 0 Å². The molecule has 0 aromatic rings. The average Bonchev–Trinajstić information content (AvgIpc) is 2.05. The van der Waals surface area contributed by atoms with E-state index < -0.39 is 0 Å². The van der Waals surface area contributed by atoms with Crippen molar-refractivity contribution in [2.45, 2.75) is 6.92 Å². The molecule has 0 heterocycles. The second-order valence-corrected chi connectivity index (χ2v) is 2.96. The van der Waals surface area contributed by atoms with E-state index in [2.05, 4.69) is 11.9 Å². The summed E-state index contributed by atoms with van der Waals surface area (Å²) in [6, 6.07) is 0. The van der Waals surface area contributed by atoms with Crippen molar-refractivity contribution in [1.29, 1.82) is 0 Å². The van der Waals surface area contributed by atoms with Crippen LogP contribution in [0.15, 0.2) is 23.6 Å². The first-order valence-electron chi connectivity index (χ1n) is 3.42. The number of likely N-dealkylation sites (N-methyl/N-ethyl adjacent to an activating group) is 1. The van der Waals surface area contributed by atoms with E-state index >= 15 is 0 Å². The third kappa shape index (κ3) is 3.88. The number of amides is 1. The van der Waals surface area contributed by atoms with E-state index in [1.165, 1.54) is 0 Å². The SMILES string of the molecule is C=C/C(=C\SCC)C(=O)NC. The Morgan fingerprint density at radius 2 is 2.36 bits per heavy atom. The first kappa shape index (κ1) is 10.3. The lowest BCUT2D eigenvalue weighted by atomic mass is 10.3. The van der Waals surface area contributed by atoms with Crippen LogP contribution in [0.5, 0.6) is 0 Å². The molecule has 0 atom stereocenters. The zero-order chi connectivity index (χ0) is 8.69. The van der Waals surface area contributed by atoms with Crippen LogP contribution in [0.25, 0.3) is 0 Å². The molecule has 1 N–H and O–H groups in total. The molecule has 0 aromatic carbocycles. The van der Waals surface area contributed by atoms with Crippen molar-refractivity contribution in [2.24, 2.45) is 0 Å². The molecule has 0 aliphatic carbocycles. The molecular formula is C8H13NOS. The van der Waals surface area contributed by atoms with Gasteiger partial charge in [-0.25, -0.2) is 0 Å². The van der Waals surface area contributed by atoms with E-state index in [1.54, 1.807) is 24.9 Å². The Balaban J connectivity index is 4.14. The largest absolute Gasteiger partial charge is 0.355 e. The summed E-state index contributed by atoms with van der Waals surface area (Å²) >= 11 is 1.59. The van der Waals surface area contributed by atoms with E-state index in [-0.39, 0.29) is 5.91 Å². The normalized spacial score (nSPS) is 10.9. The van der Waals surface area contributed by atoms with E-state index in [4.69, 9.17) is 0 Å². The number of hydrogen-bond donors (Lipinski definition) is 1. The van der Waals surface area contributed by atoms with Crippen molar-refractivity contribution in [2.75, 3.05) is 12.8 Å². The second kappa shape index (κ2) is 6.04. The highest BCUT2D eigenvalue weighted by molar-refractivity contribution is 8.02. The molecule has 0 saturated carbocycles. The quantitative estimate of drug-likeness (QED) is 0.513. The molecule has 0 rings (SSSR count). The summed E-state index contributed by atoms with van der Waals surface area (Å²) in [6.45, 7) is 5.57. The Labute approximate surface area is 71.7 Å². The predicted octanol–water partition coefficient (Wildman–Crippen LogP) is 1.56. The number of hydrogen-bond acceptors (Lipinski definition) is 2. The van der Waals surface area contributed by atoms with Crippen LogP contribution >= 0.6 is 11.8 Å². The Bertz CT molecular complexity index is 175. The maximum atomic E-state index is 11.0. The summed E-state index contributed by atoms with van der Waals surface area (Å²) in [6.07, 6.45) is 1.56. The number of nitrogens with one attached hydrogen (secondary N) is 1. The maximum Gasteiger partial charge on any atom is 0.251 e. The Morgan fingerprint density at radius 1 is 1.73 bits per heavy atom. The third-order valence-corrected chi connectivity index (χ3v) is 1.84. The molecule has 0 aliphatic heterocycles. The molecule has 0 bridgehead atoms. The lowest BCUT2D eigenvalue weighted by molar-refractivity contribution is -0.116. The number of thioether (sulfide) groups is 1. The molecule has 3 heteroatoms. The van der Waals surface area contributed by atoms with Gasteiger partial charge in [0.1, 0.15) is 0 Å². The molecule has 0 fully saturated rings. The van der Waals surface area contributed by atoms with Crippen molar-refractivity contribution >= 4 is 17.7 Å². The summed E-state index contributed by atoms with van der Waals surface area (Å²) in [7, 11) is 1.61. The fourth-order valence-corrected chi connectivity index (χ4v) is 1.06. The van der Waals surface area contributed by atoms with Crippen LogP contribution in [0.4, 0.5) is 0 Å². The first-order valence-corrected chi connectivity index (χ1v) is 4.47. The first-order chi connectivity index (χ1) is 5.26. The van der Waals surface area contributed by atoms with Gasteiger partial charge in [-0.2, -0.15) is 0 Å². The Morgan fingerprint density at radius 3 is 2.73 bits per heavy atom. The van der Waals surface area contributed by atoms with Crippen LogP contribution in [0.1, 0.15) is 6.92 Å². The van der Waals surface area contributed by atoms with E-state index in [1.807, 2.05) is 12.3 Å². The standard InChI is InChI=1S/C8H13NOS/c1-4-7(6-11-5-2)8(10)9-3/h4,6H,1,5H2,2-3H3,(H,9,10)/b7-6+. The fourth-order valence-electron chi connectivity index (χ4n) is 0.512. The number of carbonyl (C=O) groups excluding carboxylic acids is 1. The monoisotopic (exact) mass is 171 g/mol. The molecule has 0 aromatic heterocycles. The highest BCUT2D eigenvalue weighted by Gasteiger charge is 2.00. The zero-order valence-electron chi connectivity index (χ0n) is 6.89. The Kier molecular flexibility index (Phi) is 5.65. The van der Waals surface area contributed by atoms with Crippen LogP contribution in [-0.2, 0) is 4.79 Å². The van der Waals surface area contributed by atoms with Crippen LogP contribution in [0.3, 0.4) is 0 Å². The van der Waals surface area contributed by atoms with Crippen LogP contribution < -0.4 is 5.32 Å². The summed E-state index contributed by atoms with van der Waals surface area (Å²) < 4.78 is 0. The van der Waals surface area contributed by atoms with Gasteiger partial charge < -0.3 is 5.32 Å². The molecule has 0 aliphatic rings. The minimum absolute atomic E-state index is 0.0825. The molecule has 0 radical (unpaired) electrons. The zero-order valence-corrected chi connectivity index (χ0v) is 7.70. The van der Waals surface area contributed by atoms with Gasteiger partial charge in [0.15, 0.2) is 0 Å². The van der Waals surface area contributed by atoms with Gasteiger partial charge >= 0.3 is 0 Å². The van der Waals surface area contributed by atoms with Crippen LogP contribution in [0.2, 0.25) is 0 Å². The van der Waals surface area contributed by atoms with Gasteiger partial charge in [0.25, 0.3) is 5.91 Å². The Hall–Kier alpha value is -0.700. The molecule has 0 spiro atoms. The minimum Gasteiger partial charge on any atom is -0.355 e. The van der Waals surface area contributed by atoms with Gasteiger partial charge in [-0.1, -0.05) is 19.6 Å². The van der Waals surface area contributed by atoms with Crippen molar-refractivity contribution < 1.29 is 4.79 Å². The van der Waals surface area contributed by atoms with E-state index in [9.17, 15) is 4.79 Å². The molecule has 11 heavy (non-hydrogen) atoms. The smallest absolute Gasteiger partial charge is 0.251 e. The maximum absolute atomic E-state index is 11.0. The molecule has 2 nitrogen and oxygen atoms in total.